The number of carbonyl (C=O) groups is 1. The molecule has 0 heterocycles. The number of carboxylic acid groups (broad SMARTS) is 1. The van der Waals surface area contributed by atoms with Crippen molar-refractivity contribution in [3.63, 3.8) is 0 Å². The van der Waals surface area contributed by atoms with Gasteiger partial charge in [0, 0.05) is 12.1 Å². The molecule has 2 N–H and O–H groups in total. The molecule has 1 aromatic rings. The van der Waals surface area contributed by atoms with Gasteiger partial charge >= 0.3 is 5.97 Å². The van der Waals surface area contributed by atoms with E-state index in [-0.39, 0.29) is 14.9 Å². The van der Waals surface area contributed by atoms with Crippen molar-refractivity contribution in [2.24, 2.45) is 0 Å². The van der Waals surface area contributed by atoms with Crippen molar-refractivity contribution < 1.29 is 19.2 Å². The Bertz CT molecular complexity index is 480. The van der Waals surface area contributed by atoms with E-state index >= 15 is 0 Å². The highest BCUT2D eigenvalue weighted by atomic mass is 127. The molecule has 1 aromatic carbocycles. The molecule has 0 bridgehead atoms. The monoisotopic (exact) mass is 354 g/mol. The average Bonchev–Trinajstić information content (AvgIpc) is 2.22. The number of nitrogens with zero attached hydrogens (tertiary/aromatic N) is 1. The minimum atomic E-state index is -1.18. The van der Waals surface area contributed by atoms with Gasteiger partial charge in [0.25, 0.3) is 5.69 Å². The van der Waals surface area contributed by atoms with Gasteiger partial charge in [-0.25, -0.2) is 4.39 Å². The van der Waals surface area contributed by atoms with Crippen LogP contribution in [0.1, 0.15) is 6.92 Å². The maximum Gasteiger partial charge on any atom is 0.325 e. The maximum absolute atomic E-state index is 13.3. The van der Waals surface area contributed by atoms with E-state index in [9.17, 15) is 19.3 Å². The largest absolute Gasteiger partial charge is 0.480 e. The van der Waals surface area contributed by atoms with Crippen LogP contribution in [0, 0.1) is 19.5 Å². The summed E-state index contributed by atoms with van der Waals surface area (Å²) in [6.45, 7) is 1.31. The van der Waals surface area contributed by atoms with E-state index in [1.165, 1.54) is 6.92 Å². The summed E-state index contributed by atoms with van der Waals surface area (Å²) in [4.78, 5) is 20.6. The lowest BCUT2D eigenvalue weighted by Crippen LogP contribution is -2.25. The maximum atomic E-state index is 13.3. The van der Waals surface area contributed by atoms with Crippen LogP contribution in [0.25, 0.3) is 0 Å². The molecule has 17 heavy (non-hydrogen) atoms. The van der Waals surface area contributed by atoms with Gasteiger partial charge in [0.1, 0.15) is 17.5 Å². The topological polar surface area (TPSA) is 92.5 Å². The first-order chi connectivity index (χ1) is 7.82. The fraction of sp³-hybridized carbons (Fsp3) is 0.222. The number of anilines is 1. The number of hydrogen-bond donors (Lipinski definition) is 2. The van der Waals surface area contributed by atoms with Gasteiger partial charge in [0.2, 0.25) is 0 Å². The zero-order valence-electron chi connectivity index (χ0n) is 8.61. The number of rotatable bonds is 4. The summed E-state index contributed by atoms with van der Waals surface area (Å²) in [6.07, 6.45) is 0. The summed E-state index contributed by atoms with van der Waals surface area (Å²) in [6, 6.07) is 0.916. The Labute approximate surface area is 109 Å². The Morgan fingerprint density at radius 2 is 2.24 bits per heavy atom. The number of hydrogen-bond acceptors (Lipinski definition) is 4. The van der Waals surface area contributed by atoms with Crippen molar-refractivity contribution in [3.8, 4) is 0 Å². The van der Waals surface area contributed by atoms with Crippen molar-refractivity contribution in [1.29, 1.82) is 0 Å². The van der Waals surface area contributed by atoms with Crippen LogP contribution in [-0.2, 0) is 4.79 Å². The van der Waals surface area contributed by atoms with Gasteiger partial charge in [0.05, 0.1) is 8.49 Å². The fourth-order valence-corrected chi connectivity index (χ4v) is 1.55. The lowest BCUT2D eigenvalue weighted by Gasteiger charge is -2.11. The van der Waals surface area contributed by atoms with Gasteiger partial charge < -0.3 is 10.4 Å². The minimum Gasteiger partial charge on any atom is -0.480 e. The predicted molar refractivity (Wildman–Crippen MR) is 66.5 cm³/mol. The molecule has 1 unspecified atom stereocenters. The third-order valence-electron chi connectivity index (χ3n) is 1.98. The number of benzene rings is 1. The van der Waals surface area contributed by atoms with Crippen molar-refractivity contribution >= 4 is 39.9 Å². The molecule has 0 aliphatic carbocycles. The molecule has 1 rings (SSSR count). The van der Waals surface area contributed by atoms with E-state index in [0.717, 1.165) is 12.1 Å². The third kappa shape index (κ3) is 3.25. The summed E-state index contributed by atoms with van der Waals surface area (Å²) in [7, 11) is 0. The van der Waals surface area contributed by atoms with Gasteiger partial charge in [-0.15, -0.1) is 0 Å². The van der Waals surface area contributed by atoms with Gasteiger partial charge in [-0.2, -0.15) is 0 Å². The first-order valence-electron chi connectivity index (χ1n) is 4.45. The lowest BCUT2D eigenvalue weighted by atomic mass is 10.2. The van der Waals surface area contributed by atoms with Crippen LogP contribution in [0.5, 0.6) is 0 Å². The van der Waals surface area contributed by atoms with Gasteiger partial charge in [-0.1, -0.05) is 0 Å². The second-order valence-corrected chi connectivity index (χ2v) is 4.41. The number of halogens is 2. The molecule has 8 heteroatoms. The molecule has 0 saturated heterocycles. The lowest BCUT2D eigenvalue weighted by molar-refractivity contribution is -0.384. The number of nitro groups is 1. The number of nitro benzene ring substituents is 1. The van der Waals surface area contributed by atoms with E-state index < -0.39 is 22.8 Å². The Morgan fingerprint density at radius 1 is 1.65 bits per heavy atom. The highest BCUT2D eigenvalue weighted by molar-refractivity contribution is 14.1. The molecule has 0 aliphatic heterocycles. The minimum absolute atomic E-state index is 0.0998. The van der Waals surface area contributed by atoms with Crippen LogP contribution in [0.15, 0.2) is 12.1 Å². The van der Waals surface area contributed by atoms with Crippen LogP contribution in [0.3, 0.4) is 0 Å². The number of carboxylic acids is 1. The first kappa shape index (κ1) is 13.6. The Kier molecular flexibility index (Phi) is 4.21. The molecule has 0 saturated carbocycles. The predicted octanol–water partition coefficient (Wildman–Crippen LogP) is 2.22. The van der Waals surface area contributed by atoms with Crippen LogP contribution in [0.2, 0.25) is 0 Å². The van der Waals surface area contributed by atoms with Gasteiger partial charge in [-0.05, 0) is 29.5 Å². The molecule has 6 nitrogen and oxygen atoms in total. The normalized spacial score (nSPS) is 11.9. The molecule has 92 valence electrons. The molecule has 0 amide bonds. The Hall–Kier alpha value is -1.45. The summed E-state index contributed by atoms with van der Waals surface area (Å²) in [5.74, 6) is -1.82. The highest BCUT2D eigenvalue weighted by Crippen LogP contribution is 2.29. The Balaban J connectivity index is 3.17. The Morgan fingerprint density at radius 3 is 2.71 bits per heavy atom. The zero-order chi connectivity index (χ0) is 13.2. The second kappa shape index (κ2) is 5.25. The summed E-state index contributed by atoms with van der Waals surface area (Å²) >= 11 is 1.62. The van der Waals surface area contributed by atoms with Gasteiger partial charge in [-0.3, -0.25) is 14.9 Å². The van der Waals surface area contributed by atoms with Crippen LogP contribution in [0.4, 0.5) is 15.8 Å². The van der Waals surface area contributed by atoms with Gasteiger partial charge in [0.15, 0.2) is 0 Å². The van der Waals surface area contributed by atoms with E-state index in [1.807, 2.05) is 0 Å². The molecule has 0 spiro atoms. The number of aliphatic carboxylic acids is 1. The summed E-state index contributed by atoms with van der Waals surface area (Å²) < 4.78 is 13.4. The molecule has 0 fully saturated rings. The molecular formula is C9H8FIN2O4. The molecule has 0 aliphatic rings. The fourth-order valence-electron chi connectivity index (χ4n) is 1.10. The number of nitrogens with one attached hydrogen (secondary N) is 1. The van der Waals surface area contributed by atoms with Crippen molar-refractivity contribution in [2.75, 3.05) is 5.32 Å². The van der Waals surface area contributed by atoms with Crippen LogP contribution < -0.4 is 5.32 Å². The SMILES string of the molecule is CC(Nc1cc(F)c(I)cc1[N+](=O)[O-])C(=O)O. The smallest absolute Gasteiger partial charge is 0.325 e. The van der Waals surface area contributed by atoms with Crippen LogP contribution in [-0.4, -0.2) is 22.0 Å². The first-order valence-corrected chi connectivity index (χ1v) is 5.53. The van der Waals surface area contributed by atoms with E-state index in [2.05, 4.69) is 5.32 Å². The average molecular weight is 354 g/mol. The zero-order valence-corrected chi connectivity index (χ0v) is 10.8. The molecule has 1 atom stereocenters. The standard InChI is InChI=1S/C9H8FIN2O4/c1-4(9(14)15)12-7-2-5(10)6(11)3-8(7)13(16)17/h2-4,12H,1H3,(H,14,15). The van der Waals surface area contributed by atoms with E-state index in [0.29, 0.717) is 0 Å². The van der Waals surface area contributed by atoms with Crippen molar-refractivity contribution in [3.05, 3.63) is 31.6 Å². The van der Waals surface area contributed by atoms with E-state index in [4.69, 9.17) is 5.11 Å². The highest BCUT2D eigenvalue weighted by Gasteiger charge is 2.20. The van der Waals surface area contributed by atoms with Crippen molar-refractivity contribution in [2.45, 2.75) is 13.0 Å². The van der Waals surface area contributed by atoms with Crippen molar-refractivity contribution in [1.82, 2.24) is 0 Å². The molecular weight excluding hydrogens is 346 g/mol. The summed E-state index contributed by atoms with van der Waals surface area (Å²) in [5, 5.41) is 21.8. The summed E-state index contributed by atoms with van der Waals surface area (Å²) in [5.41, 5.74) is -0.508. The van der Waals surface area contributed by atoms with E-state index in [1.54, 1.807) is 22.6 Å². The third-order valence-corrected chi connectivity index (χ3v) is 2.80. The molecule has 0 aromatic heterocycles. The second-order valence-electron chi connectivity index (χ2n) is 3.24. The quantitative estimate of drug-likeness (QED) is 0.492. The molecule has 0 radical (unpaired) electrons. The van der Waals surface area contributed by atoms with Crippen LogP contribution >= 0.6 is 22.6 Å².